The van der Waals surface area contributed by atoms with Crippen molar-refractivity contribution < 1.29 is 14.4 Å². The molecule has 1 aliphatic rings. The van der Waals surface area contributed by atoms with Crippen LogP contribution in [0.2, 0.25) is 0 Å². The summed E-state index contributed by atoms with van der Waals surface area (Å²) in [6, 6.07) is 6.31. The van der Waals surface area contributed by atoms with Crippen molar-refractivity contribution in [1.29, 1.82) is 0 Å². The second-order valence-electron chi connectivity index (χ2n) is 5.94. The normalized spacial score (nSPS) is 18.6. The van der Waals surface area contributed by atoms with Crippen LogP contribution in [-0.4, -0.2) is 56.1 Å². The summed E-state index contributed by atoms with van der Waals surface area (Å²) < 4.78 is 0. The Morgan fingerprint density at radius 3 is 2.62 bits per heavy atom. The zero-order valence-electron chi connectivity index (χ0n) is 14.2. The van der Waals surface area contributed by atoms with E-state index in [1.807, 2.05) is 25.1 Å². The lowest BCUT2D eigenvalue weighted by atomic mass is 10.0. The molecule has 7 nitrogen and oxygen atoms in total. The Hall–Kier alpha value is -2.54. The highest BCUT2D eigenvalue weighted by Gasteiger charge is 2.40. The summed E-state index contributed by atoms with van der Waals surface area (Å²) in [6.45, 7) is 3.19. The topological polar surface area (TPSA) is 82.1 Å². The summed E-state index contributed by atoms with van der Waals surface area (Å²) >= 11 is 0. The molecule has 1 atom stereocenters. The van der Waals surface area contributed by atoms with Crippen LogP contribution in [0.5, 0.6) is 0 Å². The van der Waals surface area contributed by atoms with Crippen LogP contribution < -0.4 is 10.2 Å². The average Bonchev–Trinajstić information content (AvgIpc) is 2.51. The first kappa shape index (κ1) is 17.8. The van der Waals surface area contributed by atoms with Crippen LogP contribution in [-0.2, 0) is 9.59 Å². The van der Waals surface area contributed by atoms with E-state index >= 15 is 0 Å². The minimum Gasteiger partial charge on any atom is -0.309 e. The number of nitrogens with one attached hydrogen (secondary N) is 1. The van der Waals surface area contributed by atoms with E-state index in [0.29, 0.717) is 12.2 Å². The molecule has 1 aromatic rings. The van der Waals surface area contributed by atoms with Crippen LogP contribution in [0.3, 0.4) is 0 Å². The van der Waals surface area contributed by atoms with Crippen molar-refractivity contribution in [2.24, 2.45) is 10.9 Å². The van der Waals surface area contributed by atoms with Gasteiger partial charge in [0.2, 0.25) is 5.91 Å². The summed E-state index contributed by atoms with van der Waals surface area (Å²) in [7, 11) is 3.93. The van der Waals surface area contributed by atoms with Gasteiger partial charge in [-0.15, -0.1) is 0 Å². The lowest BCUT2D eigenvalue weighted by Gasteiger charge is -2.29. The molecule has 0 aliphatic carbocycles. The van der Waals surface area contributed by atoms with Crippen LogP contribution in [0.1, 0.15) is 12.0 Å². The van der Waals surface area contributed by atoms with E-state index in [4.69, 9.17) is 0 Å². The van der Waals surface area contributed by atoms with E-state index < -0.39 is 23.8 Å². The lowest BCUT2D eigenvalue weighted by molar-refractivity contribution is -0.131. The fourth-order valence-electron chi connectivity index (χ4n) is 2.42. The number of carbonyl (C=O) groups excluding carboxylic acids is 3. The Balaban J connectivity index is 2.14. The fourth-order valence-corrected chi connectivity index (χ4v) is 2.42. The molecule has 1 fully saturated rings. The van der Waals surface area contributed by atoms with Gasteiger partial charge in [-0.1, -0.05) is 18.2 Å². The first-order chi connectivity index (χ1) is 11.4. The molecule has 1 saturated heterocycles. The van der Waals surface area contributed by atoms with E-state index in [0.717, 1.165) is 23.4 Å². The smallest absolute Gasteiger partial charge is 0.309 e. The quantitative estimate of drug-likeness (QED) is 0.483. The molecule has 0 unspecified atom stereocenters. The summed E-state index contributed by atoms with van der Waals surface area (Å²) in [5, 5.41) is 2.22. The number of barbiturate groups is 1. The Morgan fingerprint density at radius 1 is 1.25 bits per heavy atom. The van der Waals surface area contributed by atoms with Crippen LogP contribution in [0.15, 0.2) is 29.3 Å². The molecular formula is C17H22N4O3. The van der Waals surface area contributed by atoms with Crippen LogP contribution >= 0.6 is 0 Å². The van der Waals surface area contributed by atoms with Gasteiger partial charge in [0.05, 0.1) is 5.69 Å². The molecule has 0 bridgehead atoms. The maximum absolute atomic E-state index is 12.6. The van der Waals surface area contributed by atoms with Crippen molar-refractivity contribution >= 4 is 29.7 Å². The maximum Gasteiger partial charge on any atom is 0.335 e. The average molecular weight is 330 g/mol. The highest BCUT2D eigenvalue weighted by atomic mass is 16.2. The molecule has 1 aromatic carbocycles. The number of hydrogen-bond donors (Lipinski definition) is 1. The molecule has 2 rings (SSSR count). The molecule has 24 heavy (non-hydrogen) atoms. The van der Waals surface area contributed by atoms with Crippen LogP contribution in [0.4, 0.5) is 10.5 Å². The van der Waals surface area contributed by atoms with Crippen molar-refractivity contribution in [3.05, 3.63) is 29.8 Å². The highest BCUT2D eigenvalue weighted by molar-refractivity contribution is 6.32. The van der Waals surface area contributed by atoms with Gasteiger partial charge in [-0.25, -0.2) is 9.69 Å². The Kier molecular flexibility index (Phi) is 5.81. The van der Waals surface area contributed by atoms with Crippen molar-refractivity contribution in [1.82, 2.24) is 10.2 Å². The minimum atomic E-state index is -1.08. The SMILES string of the molecule is Cc1ccccc1N1C(=O)NC(=O)[C@@H](C=NCCCN(C)C)C1=O. The molecule has 1 heterocycles. The molecule has 128 valence electrons. The van der Waals surface area contributed by atoms with Gasteiger partial charge in [-0.05, 0) is 45.6 Å². The first-order valence-electron chi connectivity index (χ1n) is 7.81. The third-order valence-electron chi connectivity index (χ3n) is 3.71. The molecule has 7 heteroatoms. The number of hydrogen-bond acceptors (Lipinski definition) is 5. The predicted molar refractivity (Wildman–Crippen MR) is 92.2 cm³/mol. The number of anilines is 1. The molecular weight excluding hydrogens is 308 g/mol. The molecule has 0 aromatic heterocycles. The fraction of sp³-hybridized carbons (Fsp3) is 0.412. The number of nitrogens with zero attached hydrogens (tertiary/aromatic N) is 3. The van der Waals surface area contributed by atoms with Crippen molar-refractivity contribution in [3.63, 3.8) is 0 Å². The first-order valence-corrected chi connectivity index (χ1v) is 7.81. The maximum atomic E-state index is 12.6. The molecule has 0 saturated carbocycles. The molecule has 1 N–H and O–H groups in total. The number of imide groups is 2. The number of benzene rings is 1. The molecule has 0 radical (unpaired) electrons. The van der Waals surface area contributed by atoms with E-state index in [9.17, 15) is 14.4 Å². The second-order valence-corrected chi connectivity index (χ2v) is 5.94. The summed E-state index contributed by atoms with van der Waals surface area (Å²) in [4.78, 5) is 43.9. The molecule has 4 amide bonds. The largest absolute Gasteiger partial charge is 0.335 e. The second kappa shape index (κ2) is 7.83. The summed E-state index contributed by atoms with van der Waals surface area (Å²) in [6.07, 6.45) is 2.16. The zero-order chi connectivity index (χ0) is 17.7. The van der Waals surface area contributed by atoms with Crippen LogP contribution in [0, 0.1) is 12.8 Å². The zero-order valence-corrected chi connectivity index (χ0v) is 14.2. The summed E-state index contributed by atoms with van der Waals surface area (Å²) in [5.41, 5.74) is 1.25. The third-order valence-corrected chi connectivity index (χ3v) is 3.71. The number of aryl methyl sites for hydroxylation is 1. The van der Waals surface area contributed by atoms with Crippen LogP contribution in [0.25, 0.3) is 0 Å². The van der Waals surface area contributed by atoms with E-state index in [2.05, 4.69) is 10.3 Å². The van der Waals surface area contributed by atoms with Gasteiger partial charge in [0.25, 0.3) is 5.91 Å². The number of carbonyl (C=O) groups is 3. The number of rotatable bonds is 6. The number of para-hydroxylation sites is 1. The van der Waals surface area contributed by atoms with Gasteiger partial charge in [0.1, 0.15) is 0 Å². The van der Waals surface area contributed by atoms with Gasteiger partial charge in [-0.2, -0.15) is 0 Å². The lowest BCUT2D eigenvalue weighted by Crippen LogP contribution is -2.58. The Labute approximate surface area is 141 Å². The number of aliphatic imine (C=N–C) groups is 1. The number of urea groups is 1. The van der Waals surface area contributed by atoms with Crippen molar-refractivity contribution in [2.45, 2.75) is 13.3 Å². The summed E-state index contributed by atoms with van der Waals surface area (Å²) in [5.74, 6) is -2.29. The van der Waals surface area contributed by atoms with Gasteiger partial charge in [0.15, 0.2) is 5.92 Å². The molecule has 0 spiro atoms. The standard InChI is InChI=1S/C17H22N4O3/c1-12-7-4-5-8-14(12)21-16(23)13(15(22)19-17(21)24)11-18-9-6-10-20(2)3/h4-5,7-8,11,13H,6,9-10H2,1-3H3,(H,19,22,24)/t13-/m1/s1. The predicted octanol–water partition coefficient (Wildman–Crippen LogP) is 1.22. The minimum absolute atomic E-state index is 0.471. The molecule has 1 aliphatic heterocycles. The van der Waals surface area contributed by atoms with Gasteiger partial charge in [0, 0.05) is 12.8 Å². The Morgan fingerprint density at radius 2 is 1.96 bits per heavy atom. The van der Waals surface area contributed by atoms with E-state index in [-0.39, 0.29) is 0 Å². The third kappa shape index (κ3) is 4.05. The van der Waals surface area contributed by atoms with Gasteiger partial charge in [-0.3, -0.25) is 19.9 Å². The number of amides is 4. The van der Waals surface area contributed by atoms with E-state index in [1.165, 1.54) is 6.21 Å². The van der Waals surface area contributed by atoms with E-state index in [1.54, 1.807) is 25.1 Å². The van der Waals surface area contributed by atoms with Crippen molar-refractivity contribution in [2.75, 3.05) is 32.1 Å². The van der Waals surface area contributed by atoms with Gasteiger partial charge >= 0.3 is 6.03 Å². The van der Waals surface area contributed by atoms with Gasteiger partial charge < -0.3 is 4.90 Å². The monoisotopic (exact) mass is 330 g/mol. The van der Waals surface area contributed by atoms with Crippen molar-refractivity contribution in [3.8, 4) is 0 Å². The highest BCUT2D eigenvalue weighted by Crippen LogP contribution is 2.23. The Bertz CT molecular complexity index is 670.